The summed E-state index contributed by atoms with van der Waals surface area (Å²) >= 11 is 0. The molecule has 1 rings (SSSR count). The SMILES string of the molecule is CC[Si](C)(C=CN1CCCC1=O)CC. The summed E-state index contributed by atoms with van der Waals surface area (Å²) in [5.41, 5.74) is 2.33. The number of carbonyl (C=O) groups is 1. The van der Waals surface area contributed by atoms with Gasteiger partial charge in [0.2, 0.25) is 5.91 Å². The molecule has 0 aromatic heterocycles. The summed E-state index contributed by atoms with van der Waals surface area (Å²) in [5.74, 6) is 0.296. The molecule has 0 radical (unpaired) electrons. The van der Waals surface area contributed by atoms with Gasteiger partial charge in [0, 0.05) is 13.0 Å². The maximum absolute atomic E-state index is 11.4. The average molecular weight is 211 g/mol. The van der Waals surface area contributed by atoms with Crippen LogP contribution in [0, 0.1) is 0 Å². The number of nitrogens with zero attached hydrogens (tertiary/aromatic N) is 1. The molecule has 0 bridgehead atoms. The van der Waals surface area contributed by atoms with Gasteiger partial charge in [0.25, 0.3) is 0 Å². The quantitative estimate of drug-likeness (QED) is 0.655. The Morgan fingerprint density at radius 1 is 1.43 bits per heavy atom. The van der Waals surface area contributed by atoms with Crippen LogP contribution in [0.25, 0.3) is 0 Å². The Labute approximate surface area is 88.0 Å². The standard InChI is InChI=1S/C11H21NOSi/c1-4-14(3,5-2)10-9-12-8-6-7-11(12)13/h9-10H,4-8H2,1-3H3. The molecule has 1 fully saturated rings. The molecule has 0 unspecified atom stereocenters. The van der Waals surface area contributed by atoms with Crippen LogP contribution in [-0.2, 0) is 4.79 Å². The van der Waals surface area contributed by atoms with Gasteiger partial charge < -0.3 is 4.90 Å². The molecule has 0 aromatic carbocycles. The van der Waals surface area contributed by atoms with Crippen molar-refractivity contribution in [2.75, 3.05) is 6.54 Å². The summed E-state index contributed by atoms with van der Waals surface area (Å²) in [6.07, 6.45) is 3.81. The minimum atomic E-state index is -1.17. The second kappa shape index (κ2) is 4.78. The van der Waals surface area contributed by atoms with Gasteiger partial charge in [0.05, 0.1) is 8.07 Å². The van der Waals surface area contributed by atoms with Crippen LogP contribution < -0.4 is 0 Å². The molecule has 1 aliphatic rings. The minimum absolute atomic E-state index is 0.296. The predicted molar refractivity (Wildman–Crippen MR) is 62.7 cm³/mol. The fourth-order valence-corrected chi connectivity index (χ4v) is 3.09. The lowest BCUT2D eigenvalue weighted by Crippen LogP contribution is -2.27. The lowest BCUT2D eigenvalue weighted by atomic mass is 10.4. The number of amides is 1. The topological polar surface area (TPSA) is 20.3 Å². The molecular formula is C11H21NOSi. The summed E-state index contributed by atoms with van der Waals surface area (Å²) in [6, 6.07) is 2.53. The predicted octanol–water partition coefficient (Wildman–Crippen LogP) is 2.78. The molecule has 14 heavy (non-hydrogen) atoms. The second-order valence-corrected chi connectivity index (χ2v) is 9.42. The summed E-state index contributed by atoms with van der Waals surface area (Å²) < 4.78 is 0. The molecule has 3 heteroatoms. The summed E-state index contributed by atoms with van der Waals surface area (Å²) in [5, 5.41) is 0. The summed E-state index contributed by atoms with van der Waals surface area (Å²) in [6.45, 7) is 7.81. The Bertz CT molecular complexity index is 233. The van der Waals surface area contributed by atoms with Gasteiger partial charge in [0.15, 0.2) is 0 Å². The molecule has 80 valence electrons. The van der Waals surface area contributed by atoms with Crippen LogP contribution in [0.3, 0.4) is 0 Å². The Balaban J connectivity index is 2.57. The van der Waals surface area contributed by atoms with E-state index in [4.69, 9.17) is 0 Å². The van der Waals surface area contributed by atoms with Crippen LogP contribution in [0.5, 0.6) is 0 Å². The van der Waals surface area contributed by atoms with Crippen LogP contribution >= 0.6 is 0 Å². The molecule has 2 nitrogen and oxygen atoms in total. The van der Waals surface area contributed by atoms with Gasteiger partial charge in [-0.15, -0.1) is 0 Å². The van der Waals surface area contributed by atoms with Crippen molar-refractivity contribution in [3.63, 3.8) is 0 Å². The van der Waals surface area contributed by atoms with Crippen molar-refractivity contribution in [3.8, 4) is 0 Å². The maximum Gasteiger partial charge on any atom is 0.226 e. The van der Waals surface area contributed by atoms with E-state index in [1.54, 1.807) is 0 Å². The number of hydrogen-bond donors (Lipinski definition) is 0. The van der Waals surface area contributed by atoms with Gasteiger partial charge in [-0.25, -0.2) is 0 Å². The van der Waals surface area contributed by atoms with E-state index in [9.17, 15) is 4.79 Å². The smallest absolute Gasteiger partial charge is 0.226 e. The third-order valence-corrected chi connectivity index (χ3v) is 7.57. The first-order valence-corrected chi connectivity index (χ1v) is 8.59. The van der Waals surface area contributed by atoms with E-state index in [0.717, 1.165) is 19.4 Å². The number of hydrogen-bond acceptors (Lipinski definition) is 1. The molecule has 0 atom stereocenters. The zero-order chi connectivity index (χ0) is 10.6. The fourth-order valence-electron chi connectivity index (χ4n) is 1.58. The first-order valence-electron chi connectivity index (χ1n) is 5.60. The van der Waals surface area contributed by atoms with E-state index in [1.165, 1.54) is 12.1 Å². The minimum Gasteiger partial charge on any atom is -0.320 e. The average Bonchev–Trinajstić information content (AvgIpc) is 2.61. The van der Waals surface area contributed by atoms with E-state index in [0.29, 0.717) is 5.91 Å². The van der Waals surface area contributed by atoms with Gasteiger partial charge in [-0.3, -0.25) is 4.79 Å². The molecule has 1 heterocycles. The van der Waals surface area contributed by atoms with Crippen LogP contribution in [0.1, 0.15) is 26.7 Å². The van der Waals surface area contributed by atoms with Crippen LogP contribution in [0.2, 0.25) is 18.6 Å². The first kappa shape index (κ1) is 11.5. The highest BCUT2D eigenvalue weighted by atomic mass is 28.3. The van der Waals surface area contributed by atoms with Crippen LogP contribution in [0.15, 0.2) is 11.9 Å². The largest absolute Gasteiger partial charge is 0.320 e. The van der Waals surface area contributed by atoms with E-state index in [-0.39, 0.29) is 0 Å². The maximum atomic E-state index is 11.4. The van der Waals surface area contributed by atoms with E-state index < -0.39 is 8.07 Å². The van der Waals surface area contributed by atoms with Crippen molar-refractivity contribution >= 4 is 14.0 Å². The van der Waals surface area contributed by atoms with E-state index in [2.05, 4.69) is 32.3 Å². The molecule has 0 N–H and O–H groups in total. The summed E-state index contributed by atoms with van der Waals surface area (Å²) in [7, 11) is -1.17. The molecule has 0 spiro atoms. The second-order valence-electron chi connectivity index (χ2n) is 4.37. The molecule has 0 saturated carbocycles. The third-order valence-electron chi connectivity index (χ3n) is 3.38. The lowest BCUT2D eigenvalue weighted by molar-refractivity contribution is -0.125. The Morgan fingerprint density at radius 2 is 2.07 bits per heavy atom. The molecule has 0 aliphatic carbocycles. The molecule has 1 amide bonds. The fraction of sp³-hybridized carbons (Fsp3) is 0.727. The number of likely N-dealkylation sites (tertiary alicyclic amines) is 1. The van der Waals surface area contributed by atoms with Crippen molar-refractivity contribution in [2.45, 2.75) is 45.3 Å². The lowest BCUT2D eigenvalue weighted by Gasteiger charge is -2.20. The van der Waals surface area contributed by atoms with Crippen molar-refractivity contribution in [2.24, 2.45) is 0 Å². The Kier molecular flexibility index (Phi) is 3.93. The van der Waals surface area contributed by atoms with Gasteiger partial charge in [0.1, 0.15) is 0 Å². The van der Waals surface area contributed by atoms with Crippen molar-refractivity contribution in [1.82, 2.24) is 4.90 Å². The monoisotopic (exact) mass is 211 g/mol. The van der Waals surface area contributed by atoms with Gasteiger partial charge in [-0.05, 0) is 12.6 Å². The number of rotatable bonds is 4. The molecular weight excluding hydrogens is 190 g/mol. The first-order chi connectivity index (χ1) is 6.61. The van der Waals surface area contributed by atoms with Gasteiger partial charge in [-0.2, -0.15) is 0 Å². The van der Waals surface area contributed by atoms with Crippen molar-refractivity contribution in [3.05, 3.63) is 11.9 Å². The third kappa shape index (κ3) is 2.71. The van der Waals surface area contributed by atoms with Gasteiger partial charge >= 0.3 is 0 Å². The molecule has 0 aromatic rings. The zero-order valence-electron chi connectivity index (χ0n) is 9.55. The van der Waals surface area contributed by atoms with Crippen molar-refractivity contribution in [1.29, 1.82) is 0 Å². The highest BCUT2D eigenvalue weighted by Crippen LogP contribution is 2.18. The Hall–Kier alpha value is -0.573. The van der Waals surface area contributed by atoms with Crippen molar-refractivity contribution < 1.29 is 4.79 Å². The van der Waals surface area contributed by atoms with E-state index >= 15 is 0 Å². The highest BCUT2D eigenvalue weighted by Gasteiger charge is 2.21. The van der Waals surface area contributed by atoms with Crippen LogP contribution in [-0.4, -0.2) is 25.4 Å². The normalized spacial score (nSPS) is 18.5. The molecule has 1 saturated heterocycles. The van der Waals surface area contributed by atoms with Gasteiger partial charge in [-0.1, -0.05) is 38.2 Å². The summed E-state index contributed by atoms with van der Waals surface area (Å²) in [4.78, 5) is 13.2. The Morgan fingerprint density at radius 3 is 2.50 bits per heavy atom. The zero-order valence-corrected chi connectivity index (χ0v) is 10.5. The van der Waals surface area contributed by atoms with Crippen LogP contribution in [0.4, 0.5) is 0 Å². The highest BCUT2D eigenvalue weighted by molar-refractivity contribution is 6.83. The molecule has 1 aliphatic heterocycles. The van der Waals surface area contributed by atoms with E-state index in [1.807, 2.05) is 4.90 Å². The number of carbonyl (C=O) groups excluding carboxylic acids is 1.